The Bertz CT molecular complexity index is 1210. The van der Waals surface area contributed by atoms with Crippen molar-refractivity contribution in [3.8, 4) is 11.3 Å². The van der Waals surface area contributed by atoms with Gasteiger partial charge in [-0.1, -0.05) is 60.7 Å². The zero-order valence-corrected chi connectivity index (χ0v) is 16.9. The maximum absolute atomic E-state index is 10.4. The highest BCUT2D eigenvalue weighted by Gasteiger charge is 2.07. The number of hydrogen-bond acceptors (Lipinski definition) is 4. The van der Waals surface area contributed by atoms with Crippen LogP contribution in [-0.2, 0) is 16.5 Å². The van der Waals surface area contributed by atoms with Crippen molar-refractivity contribution in [1.29, 1.82) is 0 Å². The minimum atomic E-state index is -3.23. The number of aromatic nitrogens is 2. The van der Waals surface area contributed by atoms with E-state index < -0.39 is 9.98 Å². The number of rotatable bonds is 4. The van der Waals surface area contributed by atoms with Gasteiger partial charge in [0.15, 0.2) is 5.82 Å². The van der Waals surface area contributed by atoms with Gasteiger partial charge >= 0.3 is 0 Å². The second-order valence-corrected chi connectivity index (χ2v) is 8.31. The summed E-state index contributed by atoms with van der Waals surface area (Å²) in [6.07, 6.45) is 6.64. The van der Waals surface area contributed by atoms with Crippen molar-refractivity contribution in [2.45, 2.75) is 6.54 Å². The minimum Gasteiger partial charge on any atom is -0.308 e. The second kappa shape index (κ2) is 8.96. The molecule has 0 radical (unpaired) electrons. The monoisotopic (exact) mass is 416 g/mol. The molecule has 0 amide bonds. The third-order valence-corrected chi connectivity index (χ3v) is 5.78. The van der Waals surface area contributed by atoms with Gasteiger partial charge in [-0.3, -0.25) is 0 Å². The van der Waals surface area contributed by atoms with Crippen LogP contribution < -0.4 is 0 Å². The zero-order chi connectivity index (χ0) is 20.8. The predicted octanol–water partition coefficient (Wildman–Crippen LogP) is 5.00. The Kier molecular flexibility index (Phi) is 5.94. The number of aliphatic imine (C=N–C) groups is 1. The molecule has 0 fully saturated rings. The van der Waals surface area contributed by atoms with E-state index in [2.05, 4.69) is 19.6 Å². The SMILES string of the molecule is OS(O)(=NCc1ccccc1)=C1C=CC(=Nc2ccc(-c3ccccc3)nn2)C=C1. The molecule has 0 saturated heterocycles. The summed E-state index contributed by atoms with van der Waals surface area (Å²) in [5.74, 6) is 0.475. The van der Waals surface area contributed by atoms with Crippen molar-refractivity contribution in [2.24, 2.45) is 9.36 Å². The molecule has 1 heterocycles. The van der Waals surface area contributed by atoms with Crippen LogP contribution in [0, 0.1) is 0 Å². The van der Waals surface area contributed by atoms with Crippen LogP contribution in [0.15, 0.2) is 106 Å². The summed E-state index contributed by atoms with van der Waals surface area (Å²) in [6.45, 7) is 0.235. The van der Waals surface area contributed by atoms with Crippen LogP contribution in [0.1, 0.15) is 5.56 Å². The molecular formula is C23H20N4O2S. The Morgan fingerprint density at radius 1 is 0.733 bits per heavy atom. The Hall–Kier alpha value is -3.39. The lowest BCUT2D eigenvalue weighted by Gasteiger charge is -2.09. The van der Waals surface area contributed by atoms with Crippen LogP contribution in [-0.4, -0.2) is 29.9 Å². The van der Waals surface area contributed by atoms with E-state index in [4.69, 9.17) is 0 Å². The van der Waals surface area contributed by atoms with Gasteiger partial charge in [-0.15, -0.1) is 10.2 Å². The van der Waals surface area contributed by atoms with Gasteiger partial charge in [0.05, 0.1) is 32.8 Å². The average molecular weight is 417 g/mol. The van der Waals surface area contributed by atoms with Gasteiger partial charge in [0.2, 0.25) is 0 Å². The first-order valence-corrected chi connectivity index (χ1v) is 10.8. The number of nitrogens with zero attached hydrogens (tertiary/aromatic N) is 4. The molecule has 0 bridgehead atoms. The molecule has 0 spiro atoms. The van der Waals surface area contributed by atoms with Gasteiger partial charge in [0.25, 0.3) is 0 Å². The van der Waals surface area contributed by atoms with E-state index in [1.807, 2.05) is 66.7 Å². The molecule has 30 heavy (non-hydrogen) atoms. The number of hydrogen-bond donors (Lipinski definition) is 2. The molecule has 4 rings (SSSR count). The molecule has 6 nitrogen and oxygen atoms in total. The maximum Gasteiger partial charge on any atom is 0.175 e. The van der Waals surface area contributed by atoms with Crippen molar-refractivity contribution >= 4 is 26.4 Å². The molecule has 0 saturated carbocycles. The highest BCUT2D eigenvalue weighted by atomic mass is 32.2. The first kappa shape index (κ1) is 19.9. The Morgan fingerprint density at radius 3 is 2.03 bits per heavy atom. The zero-order valence-electron chi connectivity index (χ0n) is 16.0. The molecule has 2 aromatic carbocycles. The third kappa shape index (κ3) is 4.96. The molecule has 3 aromatic rings. The Labute approximate surface area is 175 Å². The third-order valence-electron chi connectivity index (χ3n) is 4.39. The lowest BCUT2D eigenvalue weighted by Crippen LogP contribution is -2.12. The highest BCUT2D eigenvalue weighted by Crippen LogP contribution is 2.18. The summed E-state index contributed by atoms with van der Waals surface area (Å²) < 4.78 is 24.9. The molecule has 2 N–H and O–H groups in total. The maximum atomic E-state index is 10.4. The van der Waals surface area contributed by atoms with Crippen LogP contribution >= 0.6 is 0 Å². The first-order chi connectivity index (χ1) is 14.6. The Balaban J connectivity index is 1.51. The average Bonchev–Trinajstić information content (AvgIpc) is 2.80. The van der Waals surface area contributed by atoms with Crippen LogP contribution in [0.25, 0.3) is 11.3 Å². The molecule has 1 aromatic heterocycles. The van der Waals surface area contributed by atoms with Gasteiger partial charge < -0.3 is 9.11 Å². The minimum absolute atomic E-state index is 0.235. The fourth-order valence-electron chi connectivity index (χ4n) is 2.81. The van der Waals surface area contributed by atoms with E-state index in [0.29, 0.717) is 16.4 Å². The molecule has 0 atom stereocenters. The summed E-state index contributed by atoms with van der Waals surface area (Å²) in [5, 5.41) is 8.38. The Morgan fingerprint density at radius 2 is 1.40 bits per heavy atom. The quantitative estimate of drug-likeness (QED) is 0.586. The lowest BCUT2D eigenvalue weighted by molar-refractivity contribution is 0.509. The molecule has 1 aliphatic rings. The molecule has 0 unspecified atom stereocenters. The lowest BCUT2D eigenvalue weighted by atomic mass is 10.1. The first-order valence-electron chi connectivity index (χ1n) is 9.32. The van der Waals surface area contributed by atoms with E-state index in [1.165, 1.54) is 0 Å². The van der Waals surface area contributed by atoms with Gasteiger partial charge in [-0.05, 0) is 42.0 Å². The van der Waals surface area contributed by atoms with Crippen molar-refractivity contribution in [1.82, 2.24) is 10.2 Å². The predicted molar refractivity (Wildman–Crippen MR) is 123 cm³/mol. The molecule has 150 valence electrons. The largest absolute Gasteiger partial charge is 0.308 e. The van der Waals surface area contributed by atoms with Crippen LogP contribution in [0.5, 0.6) is 0 Å². The molecular weight excluding hydrogens is 396 g/mol. The van der Waals surface area contributed by atoms with Crippen LogP contribution in [0.4, 0.5) is 5.82 Å². The second-order valence-electron chi connectivity index (χ2n) is 6.54. The standard InChI is InChI=1S/C23H20N4O2S/c28-30(29,24-17-18-7-3-1-4-8-18)21-13-11-20(12-14-21)25-23-16-15-22(26-27-23)19-9-5-2-6-10-19/h1-16H,17H2,(H2,24,28,29). The molecule has 1 aliphatic carbocycles. The van der Waals surface area contributed by atoms with E-state index in [0.717, 1.165) is 16.8 Å². The molecule has 7 heteroatoms. The normalized spacial score (nSPS) is 13.4. The topological polar surface area (TPSA) is 91.0 Å². The van der Waals surface area contributed by atoms with Crippen molar-refractivity contribution in [3.63, 3.8) is 0 Å². The van der Waals surface area contributed by atoms with E-state index in [1.54, 1.807) is 30.4 Å². The number of benzene rings is 2. The van der Waals surface area contributed by atoms with E-state index >= 15 is 0 Å². The van der Waals surface area contributed by atoms with Gasteiger partial charge in [-0.25, -0.2) is 9.36 Å². The smallest absolute Gasteiger partial charge is 0.175 e. The number of allylic oxidation sites excluding steroid dienone is 4. The summed E-state index contributed by atoms with van der Waals surface area (Å²) in [4.78, 5) is 4.78. The fraction of sp³-hybridized carbons (Fsp3) is 0.0435. The van der Waals surface area contributed by atoms with Crippen molar-refractivity contribution < 1.29 is 9.11 Å². The fourth-order valence-corrected chi connectivity index (χ4v) is 3.79. The summed E-state index contributed by atoms with van der Waals surface area (Å²) in [7, 11) is -3.23. The highest BCUT2D eigenvalue weighted by molar-refractivity contribution is 7.94. The van der Waals surface area contributed by atoms with E-state index in [9.17, 15) is 9.11 Å². The summed E-state index contributed by atoms with van der Waals surface area (Å²) in [6, 6.07) is 22.9. The van der Waals surface area contributed by atoms with Gasteiger partial charge in [0, 0.05) is 5.56 Å². The van der Waals surface area contributed by atoms with Crippen LogP contribution in [0.2, 0.25) is 0 Å². The summed E-state index contributed by atoms with van der Waals surface area (Å²) >= 11 is 0. The van der Waals surface area contributed by atoms with Gasteiger partial charge in [-0.2, -0.15) is 0 Å². The van der Waals surface area contributed by atoms with Crippen molar-refractivity contribution in [3.05, 3.63) is 103 Å². The summed E-state index contributed by atoms with van der Waals surface area (Å²) in [5.41, 5.74) is 3.32. The van der Waals surface area contributed by atoms with Gasteiger partial charge in [0.1, 0.15) is 0 Å². The van der Waals surface area contributed by atoms with E-state index in [-0.39, 0.29) is 6.54 Å². The molecule has 0 aliphatic heterocycles. The van der Waals surface area contributed by atoms with Crippen molar-refractivity contribution in [2.75, 3.05) is 0 Å². The van der Waals surface area contributed by atoms with Crippen LogP contribution in [0.3, 0.4) is 0 Å².